The third-order valence-corrected chi connectivity index (χ3v) is 4.87. The fourth-order valence-corrected chi connectivity index (χ4v) is 3.66. The predicted molar refractivity (Wildman–Crippen MR) is 89.9 cm³/mol. The van der Waals surface area contributed by atoms with Gasteiger partial charge in [-0.1, -0.05) is 24.6 Å². The summed E-state index contributed by atoms with van der Waals surface area (Å²) >= 11 is 1.23. The molecule has 3 rings (SSSR count). The van der Waals surface area contributed by atoms with Gasteiger partial charge in [-0.15, -0.1) is 10.2 Å². The first kappa shape index (κ1) is 16.7. The van der Waals surface area contributed by atoms with Gasteiger partial charge >= 0.3 is 6.03 Å². The number of nitrogens with zero attached hydrogens (tertiary/aromatic N) is 4. The number of hydrogen-bond donors (Lipinski definition) is 2. The van der Waals surface area contributed by atoms with Crippen molar-refractivity contribution in [2.75, 3.05) is 5.75 Å². The molecule has 0 radical (unpaired) electrons. The second kappa shape index (κ2) is 7.16. The van der Waals surface area contributed by atoms with Crippen LogP contribution in [0.5, 0.6) is 0 Å². The summed E-state index contributed by atoms with van der Waals surface area (Å²) in [6.07, 6.45) is 4.21. The lowest BCUT2D eigenvalue weighted by Gasteiger charge is -2.12. The molecule has 0 spiro atoms. The van der Waals surface area contributed by atoms with Crippen molar-refractivity contribution in [2.24, 2.45) is 0 Å². The molecule has 128 valence electrons. The summed E-state index contributed by atoms with van der Waals surface area (Å²) in [5.41, 5.74) is 1.81. The lowest BCUT2D eigenvalue weighted by Crippen LogP contribution is -2.44. The molecule has 24 heavy (non-hydrogen) atoms. The van der Waals surface area contributed by atoms with E-state index in [1.807, 2.05) is 19.9 Å². The first-order valence-electron chi connectivity index (χ1n) is 7.95. The quantitative estimate of drug-likeness (QED) is 0.814. The summed E-state index contributed by atoms with van der Waals surface area (Å²) in [6, 6.07) is 1.69. The van der Waals surface area contributed by atoms with Gasteiger partial charge in [0.2, 0.25) is 5.91 Å². The molecule has 2 aromatic heterocycles. The molecule has 2 heterocycles. The highest BCUT2D eigenvalue weighted by Gasteiger charge is 2.18. The van der Waals surface area contributed by atoms with Crippen molar-refractivity contribution in [2.45, 2.75) is 50.7 Å². The number of amides is 3. The minimum absolute atomic E-state index is 0.0895. The summed E-state index contributed by atoms with van der Waals surface area (Å²) < 4.78 is 1.80. The Kier molecular flexibility index (Phi) is 4.98. The monoisotopic (exact) mass is 348 g/mol. The molecule has 0 aliphatic heterocycles. The molecule has 1 aliphatic rings. The molecule has 9 heteroatoms. The second-order valence-electron chi connectivity index (χ2n) is 5.95. The van der Waals surface area contributed by atoms with Gasteiger partial charge in [-0.3, -0.25) is 14.5 Å². The number of urea groups is 1. The van der Waals surface area contributed by atoms with Gasteiger partial charge < -0.3 is 5.32 Å². The smallest absolute Gasteiger partial charge is 0.321 e. The number of aryl methyl sites for hydroxylation is 2. The number of thioether (sulfide) groups is 1. The van der Waals surface area contributed by atoms with E-state index in [0.29, 0.717) is 10.9 Å². The lowest BCUT2D eigenvalue weighted by molar-refractivity contribution is -0.117. The second-order valence-corrected chi connectivity index (χ2v) is 6.89. The van der Waals surface area contributed by atoms with E-state index in [9.17, 15) is 9.59 Å². The maximum Gasteiger partial charge on any atom is 0.321 e. The van der Waals surface area contributed by atoms with Crippen LogP contribution in [0.4, 0.5) is 4.79 Å². The largest absolute Gasteiger partial charge is 0.335 e. The van der Waals surface area contributed by atoms with E-state index < -0.39 is 6.03 Å². The molecular formula is C15H20N6O2S. The van der Waals surface area contributed by atoms with Crippen molar-refractivity contribution in [1.82, 2.24) is 30.2 Å². The molecule has 0 aromatic carbocycles. The number of nitrogens with one attached hydrogen (secondary N) is 2. The van der Waals surface area contributed by atoms with Crippen LogP contribution in [0.25, 0.3) is 5.78 Å². The standard InChI is InChI=1S/C15H20N6O2S/c1-9-7-10(2)21-13(16-9)19-20-15(21)24-8-12(22)18-14(23)17-11-5-3-4-6-11/h7,11H,3-6,8H2,1-2H3,(H2,17,18,22,23). The lowest BCUT2D eigenvalue weighted by atomic mass is 10.2. The number of imide groups is 1. The molecule has 0 bridgehead atoms. The Morgan fingerprint density at radius 3 is 2.79 bits per heavy atom. The van der Waals surface area contributed by atoms with E-state index >= 15 is 0 Å². The van der Waals surface area contributed by atoms with Crippen LogP contribution in [-0.2, 0) is 4.79 Å². The number of hydrogen-bond acceptors (Lipinski definition) is 6. The molecule has 1 fully saturated rings. The Bertz CT molecular complexity index is 769. The SMILES string of the molecule is Cc1cc(C)n2c(SCC(=O)NC(=O)NC3CCCC3)nnc2n1. The van der Waals surface area contributed by atoms with E-state index in [1.54, 1.807) is 4.40 Å². The van der Waals surface area contributed by atoms with Crippen molar-refractivity contribution in [3.8, 4) is 0 Å². The number of aromatic nitrogens is 4. The first-order valence-corrected chi connectivity index (χ1v) is 8.94. The maximum absolute atomic E-state index is 11.9. The molecule has 3 amide bonds. The Morgan fingerprint density at radius 2 is 2.04 bits per heavy atom. The van der Waals surface area contributed by atoms with Gasteiger partial charge in [0, 0.05) is 17.4 Å². The van der Waals surface area contributed by atoms with Crippen molar-refractivity contribution in [3.63, 3.8) is 0 Å². The Morgan fingerprint density at radius 1 is 1.29 bits per heavy atom. The summed E-state index contributed by atoms with van der Waals surface area (Å²) in [4.78, 5) is 28.0. The number of rotatable bonds is 4. The molecule has 2 aromatic rings. The summed E-state index contributed by atoms with van der Waals surface area (Å²) in [5.74, 6) is 0.242. The first-order chi connectivity index (χ1) is 11.5. The zero-order chi connectivity index (χ0) is 17.1. The van der Waals surface area contributed by atoms with Gasteiger partial charge in [-0.05, 0) is 32.8 Å². The molecule has 0 atom stereocenters. The van der Waals surface area contributed by atoms with Crippen LogP contribution in [0.3, 0.4) is 0 Å². The van der Waals surface area contributed by atoms with Gasteiger partial charge in [-0.2, -0.15) is 0 Å². The molecular weight excluding hydrogens is 328 g/mol. The molecule has 0 saturated heterocycles. The highest BCUT2D eigenvalue weighted by molar-refractivity contribution is 7.99. The predicted octanol–water partition coefficient (Wildman–Crippen LogP) is 1.60. The third kappa shape index (κ3) is 3.84. The van der Waals surface area contributed by atoms with Crippen LogP contribution in [0, 0.1) is 13.8 Å². The zero-order valence-corrected chi connectivity index (χ0v) is 14.5. The van der Waals surface area contributed by atoms with E-state index in [0.717, 1.165) is 37.1 Å². The number of carbonyl (C=O) groups excluding carboxylic acids is 2. The van der Waals surface area contributed by atoms with Gasteiger partial charge in [-0.25, -0.2) is 9.78 Å². The van der Waals surface area contributed by atoms with Crippen LogP contribution in [0.2, 0.25) is 0 Å². The number of carbonyl (C=O) groups is 2. The summed E-state index contributed by atoms with van der Waals surface area (Å²) in [5, 5.41) is 13.8. The third-order valence-electron chi connectivity index (χ3n) is 3.94. The van der Waals surface area contributed by atoms with Crippen LogP contribution >= 0.6 is 11.8 Å². The van der Waals surface area contributed by atoms with Crippen molar-refractivity contribution in [1.29, 1.82) is 0 Å². The maximum atomic E-state index is 11.9. The van der Waals surface area contributed by atoms with Crippen molar-refractivity contribution >= 4 is 29.5 Å². The highest BCUT2D eigenvalue weighted by atomic mass is 32.2. The van der Waals surface area contributed by atoms with Crippen molar-refractivity contribution in [3.05, 3.63) is 17.5 Å². The molecule has 1 aliphatic carbocycles. The molecule has 8 nitrogen and oxygen atoms in total. The molecule has 0 unspecified atom stereocenters. The van der Waals surface area contributed by atoms with Gasteiger partial charge in [0.05, 0.1) is 5.75 Å². The van der Waals surface area contributed by atoms with E-state index in [1.165, 1.54) is 11.8 Å². The molecule has 2 N–H and O–H groups in total. The average molecular weight is 348 g/mol. The summed E-state index contributed by atoms with van der Waals surface area (Å²) in [6.45, 7) is 3.83. The molecule has 1 saturated carbocycles. The van der Waals surface area contributed by atoms with Crippen LogP contribution in [-0.4, -0.2) is 43.3 Å². The van der Waals surface area contributed by atoms with E-state index in [2.05, 4.69) is 25.8 Å². The van der Waals surface area contributed by atoms with Crippen molar-refractivity contribution < 1.29 is 9.59 Å². The highest BCUT2D eigenvalue weighted by Crippen LogP contribution is 2.19. The van der Waals surface area contributed by atoms with E-state index in [4.69, 9.17) is 0 Å². The zero-order valence-electron chi connectivity index (χ0n) is 13.7. The van der Waals surface area contributed by atoms with E-state index in [-0.39, 0.29) is 17.7 Å². The Labute approximate surface area is 143 Å². The average Bonchev–Trinajstić information content (AvgIpc) is 3.14. The topological polar surface area (TPSA) is 101 Å². The minimum Gasteiger partial charge on any atom is -0.335 e. The Hall–Kier alpha value is -2.16. The Balaban J connectivity index is 1.55. The normalized spacial score (nSPS) is 14.9. The van der Waals surface area contributed by atoms with Gasteiger partial charge in [0.15, 0.2) is 5.16 Å². The van der Waals surface area contributed by atoms with Crippen LogP contribution in [0.1, 0.15) is 37.1 Å². The fourth-order valence-electron chi connectivity index (χ4n) is 2.88. The fraction of sp³-hybridized carbons (Fsp3) is 0.533. The minimum atomic E-state index is -0.424. The van der Waals surface area contributed by atoms with Gasteiger partial charge in [0.1, 0.15) is 0 Å². The van der Waals surface area contributed by atoms with Gasteiger partial charge in [0.25, 0.3) is 5.78 Å². The summed E-state index contributed by atoms with van der Waals surface area (Å²) in [7, 11) is 0. The number of fused-ring (bicyclic) bond motifs is 1. The van der Waals surface area contributed by atoms with Crippen LogP contribution < -0.4 is 10.6 Å². The van der Waals surface area contributed by atoms with Crippen LogP contribution in [0.15, 0.2) is 11.2 Å².